The lowest BCUT2D eigenvalue weighted by atomic mass is 9.54. The van der Waals surface area contributed by atoms with Crippen LogP contribution in [0, 0.1) is 11.8 Å². The maximum absolute atomic E-state index is 4.65. The van der Waals surface area contributed by atoms with Gasteiger partial charge in [0.05, 0.1) is 0 Å². The lowest BCUT2D eigenvalue weighted by Crippen LogP contribution is -2.39. The van der Waals surface area contributed by atoms with Crippen LogP contribution in [0.3, 0.4) is 0 Å². The fourth-order valence-electron chi connectivity index (χ4n) is 5.43. The fraction of sp³-hybridized carbons (Fsp3) is 0.292. The summed E-state index contributed by atoms with van der Waals surface area (Å²) in [6.07, 6.45) is 4.51. The smallest absolute Gasteiger partial charge is 0.0434 e. The molecule has 2 saturated carbocycles. The summed E-state index contributed by atoms with van der Waals surface area (Å²) >= 11 is 0. The number of hydrogen-bond acceptors (Lipinski definition) is 1. The van der Waals surface area contributed by atoms with Crippen molar-refractivity contribution in [3.8, 4) is 0 Å². The molecule has 1 aromatic heterocycles. The zero-order valence-corrected chi connectivity index (χ0v) is 14.3. The molecule has 5 rings (SSSR count). The Bertz CT molecular complexity index is 774. The van der Waals surface area contributed by atoms with Crippen molar-refractivity contribution in [2.45, 2.75) is 30.6 Å². The SMILES string of the molecule is c1ccc(C2C3CC(c4ccccn4)CC3C2c2ccccc2)cc1. The minimum absolute atomic E-state index is 0.621. The van der Waals surface area contributed by atoms with E-state index in [1.165, 1.54) is 29.7 Å². The number of pyridine rings is 1. The average molecular weight is 325 g/mol. The molecule has 2 aromatic carbocycles. The Hall–Kier alpha value is -2.41. The normalized spacial score (nSPS) is 30.5. The molecule has 4 atom stereocenters. The number of aromatic nitrogens is 1. The Labute approximate surface area is 149 Å². The van der Waals surface area contributed by atoms with Crippen LogP contribution in [0.25, 0.3) is 0 Å². The average Bonchev–Trinajstić information content (AvgIpc) is 3.04. The summed E-state index contributed by atoms with van der Waals surface area (Å²) in [6.45, 7) is 0. The molecule has 0 radical (unpaired) electrons. The second-order valence-electron chi connectivity index (χ2n) is 7.62. The van der Waals surface area contributed by atoms with Gasteiger partial charge in [-0.05, 0) is 59.8 Å². The van der Waals surface area contributed by atoms with E-state index in [-0.39, 0.29) is 0 Å². The number of hydrogen-bond donors (Lipinski definition) is 0. The van der Waals surface area contributed by atoms with E-state index in [2.05, 4.69) is 77.8 Å². The van der Waals surface area contributed by atoms with E-state index in [1.54, 1.807) is 0 Å². The van der Waals surface area contributed by atoms with E-state index in [9.17, 15) is 0 Å². The number of nitrogens with zero attached hydrogens (tertiary/aromatic N) is 1. The number of fused-ring (bicyclic) bond motifs is 1. The van der Waals surface area contributed by atoms with E-state index in [0.29, 0.717) is 17.8 Å². The first-order valence-corrected chi connectivity index (χ1v) is 9.42. The van der Waals surface area contributed by atoms with E-state index < -0.39 is 0 Å². The summed E-state index contributed by atoms with van der Waals surface area (Å²) in [6, 6.07) is 28.7. The fourth-order valence-corrected chi connectivity index (χ4v) is 5.43. The van der Waals surface area contributed by atoms with Crippen molar-refractivity contribution in [1.29, 1.82) is 0 Å². The summed E-state index contributed by atoms with van der Waals surface area (Å²) in [5.74, 6) is 3.51. The molecule has 0 amide bonds. The first kappa shape index (κ1) is 14.9. The van der Waals surface area contributed by atoms with Crippen molar-refractivity contribution in [3.05, 3.63) is 102 Å². The van der Waals surface area contributed by atoms with Crippen LogP contribution in [0.1, 0.15) is 47.4 Å². The van der Waals surface area contributed by atoms with Crippen molar-refractivity contribution in [1.82, 2.24) is 4.98 Å². The zero-order valence-electron chi connectivity index (χ0n) is 14.3. The first-order chi connectivity index (χ1) is 12.4. The summed E-state index contributed by atoms with van der Waals surface area (Å²) in [5, 5.41) is 0. The van der Waals surface area contributed by atoms with Crippen LogP contribution in [0.15, 0.2) is 85.1 Å². The van der Waals surface area contributed by atoms with Gasteiger partial charge in [0.2, 0.25) is 0 Å². The second-order valence-corrected chi connectivity index (χ2v) is 7.62. The lowest BCUT2D eigenvalue weighted by Gasteiger charge is -2.50. The third-order valence-electron chi connectivity index (χ3n) is 6.45. The highest BCUT2D eigenvalue weighted by Gasteiger charge is 2.55. The van der Waals surface area contributed by atoms with Crippen molar-refractivity contribution < 1.29 is 0 Å². The Morgan fingerprint density at radius 2 is 1.12 bits per heavy atom. The zero-order chi connectivity index (χ0) is 16.6. The molecule has 0 aliphatic heterocycles. The maximum Gasteiger partial charge on any atom is 0.0434 e. The highest BCUT2D eigenvalue weighted by molar-refractivity contribution is 5.37. The van der Waals surface area contributed by atoms with Gasteiger partial charge >= 0.3 is 0 Å². The number of benzene rings is 2. The third kappa shape index (κ3) is 2.50. The summed E-state index contributed by atoms with van der Waals surface area (Å²) in [4.78, 5) is 4.65. The van der Waals surface area contributed by atoms with Gasteiger partial charge in [-0.3, -0.25) is 4.98 Å². The van der Waals surface area contributed by atoms with Gasteiger partial charge in [-0.15, -0.1) is 0 Å². The predicted molar refractivity (Wildman–Crippen MR) is 102 cm³/mol. The van der Waals surface area contributed by atoms with Crippen molar-refractivity contribution >= 4 is 0 Å². The van der Waals surface area contributed by atoms with Crippen LogP contribution in [-0.2, 0) is 0 Å². The van der Waals surface area contributed by atoms with Gasteiger partial charge in [-0.25, -0.2) is 0 Å². The predicted octanol–water partition coefficient (Wildman–Crippen LogP) is 5.77. The first-order valence-electron chi connectivity index (χ1n) is 9.42. The van der Waals surface area contributed by atoms with Gasteiger partial charge < -0.3 is 0 Å². The molecule has 0 spiro atoms. The second kappa shape index (κ2) is 6.15. The molecule has 1 heteroatoms. The largest absolute Gasteiger partial charge is 0.261 e. The Kier molecular flexibility index (Phi) is 3.66. The van der Waals surface area contributed by atoms with Gasteiger partial charge in [0, 0.05) is 17.8 Å². The van der Waals surface area contributed by atoms with Gasteiger partial charge in [0.25, 0.3) is 0 Å². The molecule has 3 aromatic rings. The van der Waals surface area contributed by atoms with Crippen molar-refractivity contribution in [2.24, 2.45) is 11.8 Å². The molecule has 0 saturated heterocycles. The summed E-state index contributed by atoms with van der Waals surface area (Å²) in [5.41, 5.74) is 4.31. The molecule has 2 aliphatic carbocycles. The minimum Gasteiger partial charge on any atom is -0.261 e. The summed E-state index contributed by atoms with van der Waals surface area (Å²) < 4.78 is 0. The summed E-state index contributed by atoms with van der Waals surface area (Å²) in [7, 11) is 0. The van der Waals surface area contributed by atoms with Crippen LogP contribution in [0.5, 0.6) is 0 Å². The lowest BCUT2D eigenvalue weighted by molar-refractivity contribution is 0.123. The Morgan fingerprint density at radius 3 is 1.60 bits per heavy atom. The molecule has 0 bridgehead atoms. The molecule has 4 unspecified atom stereocenters. The van der Waals surface area contributed by atoms with Gasteiger partial charge in [0.15, 0.2) is 0 Å². The highest BCUT2D eigenvalue weighted by Crippen LogP contribution is 2.66. The third-order valence-corrected chi connectivity index (χ3v) is 6.45. The maximum atomic E-state index is 4.65. The van der Waals surface area contributed by atoms with Crippen molar-refractivity contribution in [3.63, 3.8) is 0 Å². The van der Waals surface area contributed by atoms with Crippen LogP contribution in [0.2, 0.25) is 0 Å². The van der Waals surface area contributed by atoms with E-state index in [0.717, 1.165) is 11.8 Å². The van der Waals surface area contributed by atoms with E-state index in [4.69, 9.17) is 0 Å². The Morgan fingerprint density at radius 1 is 0.600 bits per heavy atom. The standard InChI is InChI=1S/C24H23N/c1-3-9-17(10-4-1)23-20-15-19(22-13-7-8-14-25-22)16-21(20)24(23)18-11-5-2-6-12-18/h1-14,19-21,23-24H,15-16H2. The van der Waals surface area contributed by atoms with Gasteiger partial charge in [-0.1, -0.05) is 66.7 Å². The van der Waals surface area contributed by atoms with Gasteiger partial charge in [-0.2, -0.15) is 0 Å². The monoisotopic (exact) mass is 325 g/mol. The molecular formula is C24H23N. The molecule has 2 aliphatic rings. The van der Waals surface area contributed by atoms with E-state index >= 15 is 0 Å². The molecule has 1 heterocycles. The molecule has 2 fully saturated rings. The molecule has 1 nitrogen and oxygen atoms in total. The molecular weight excluding hydrogens is 302 g/mol. The topological polar surface area (TPSA) is 12.9 Å². The van der Waals surface area contributed by atoms with Crippen LogP contribution in [-0.4, -0.2) is 4.98 Å². The highest BCUT2D eigenvalue weighted by atomic mass is 14.7. The van der Waals surface area contributed by atoms with Crippen LogP contribution >= 0.6 is 0 Å². The Balaban J connectivity index is 1.50. The van der Waals surface area contributed by atoms with Crippen LogP contribution < -0.4 is 0 Å². The molecule has 25 heavy (non-hydrogen) atoms. The van der Waals surface area contributed by atoms with Crippen molar-refractivity contribution in [2.75, 3.05) is 0 Å². The van der Waals surface area contributed by atoms with Gasteiger partial charge in [0.1, 0.15) is 0 Å². The van der Waals surface area contributed by atoms with Crippen LogP contribution in [0.4, 0.5) is 0 Å². The van der Waals surface area contributed by atoms with E-state index in [1.807, 2.05) is 12.3 Å². The number of rotatable bonds is 3. The quantitative estimate of drug-likeness (QED) is 0.595. The minimum atomic E-state index is 0.621. The molecule has 124 valence electrons. The molecule has 0 N–H and O–H groups in total.